The average Bonchev–Trinajstić information content (AvgIpc) is 3.71. The van der Waals surface area contributed by atoms with Crippen LogP contribution < -0.4 is 5.82 Å². The lowest BCUT2D eigenvalue weighted by molar-refractivity contribution is -0.209. The molecule has 0 aromatic carbocycles. The number of ether oxygens (including phenoxy) is 2. The number of hydrogen-bond donors (Lipinski definition) is 1. The standard InChI is InChI=1S/C41H54N2O10/c1-9-50-32(45)24-20-42-43(21-24)30-11-12-38(5)29(41(30,8)34(48)51-22-28-23(2)52-35(49)53-28)10-13-40(7)31(38)27(44)18-25-26-19-37(4,33(46)47)15-14-36(26,3)16-17-39(25,40)6/h18,20-21,26,29-31H,9-17,19,22H2,1-8H3,(H,46,47)/t26-,29?,30-,31+,36+,37-,38-,39+,40+,41-/m0/s1. The lowest BCUT2D eigenvalue weighted by Crippen LogP contribution is -2.67. The van der Waals surface area contributed by atoms with Crippen LogP contribution >= 0.6 is 0 Å². The molecule has 1 unspecified atom stereocenters. The highest BCUT2D eigenvalue weighted by atomic mass is 16.6. The van der Waals surface area contributed by atoms with Gasteiger partial charge in [-0.05, 0) is 125 Å². The topological polar surface area (TPSA) is 168 Å². The Kier molecular flexibility index (Phi) is 8.66. The van der Waals surface area contributed by atoms with Gasteiger partial charge < -0.3 is 23.4 Å². The first-order valence-electron chi connectivity index (χ1n) is 19.2. The van der Waals surface area contributed by atoms with Crippen molar-refractivity contribution < 1.29 is 42.6 Å². The summed E-state index contributed by atoms with van der Waals surface area (Å²) in [5.74, 6) is -2.95. The molecule has 0 spiro atoms. The molecule has 2 aromatic heterocycles. The molecule has 0 saturated heterocycles. The number of ketones is 1. The van der Waals surface area contributed by atoms with Crippen LogP contribution in [0.2, 0.25) is 0 Å². The van der Waals surface area contributed by atoms with Crippen molar-refractivity contribution >= 4 is 23.7 Å². The Hall–Kier alpha value is -3.96. The third kappa shape index (κ3) is 5.27. The van der Waals surface area contributed by atoms with E-state index in [0.717, 1.165) is 24.8 Å². The van der Waals surface area contributed by atoms with Crippen LogP contribution in [0.25, 0.3) is 0 Å². The largest absolute Gasteiger partial charge is 0.519 e. The van der Waals surface area contributed by atoms with Gasteiger partial charge in [-0.2, -0.15) is 5.10 Å². The summed E-state index contributed by atoms with van der Waals surface area (Å²) in [6, 6.07) is -0.509. The predicted molar refractivity (Wildman–Crippen MR) is 190 cm³/mol. The normalized spacial score (nSPS) is 40.5. The summed E-state index contributed by atoms with van der Waals surface area (Å²) in [5, 5.41) is 14.9. The van der Waals surface area contributed by atoms with Gasteiger partial charge in [0.05, 0.1) is 35.2 Å². The minimum Gasteiger partial charge on any atom is -0.481 e. The summed E-state index contributed by atoms with van der Waals surface area (Å²) in [6.07, 6.45) is 11.3. The van der Waals surface area contributed by atoms with Crippen LogP contribution in [0.4, 0.5) is 0 Å². The van der Waals surface area contributed by atoms with E-state index >= 15 is 0 Å². The van der Waals surface area contributed by atoms with Gasteiger partial charge in [-0.3, -0.25) is 19.1 Å². The quantitative estimate of drug-likeness (QED) is 0.285. The SMILES string of the molecule is CCOC(=O)c1cnn([C@H]2CC[C@@]3(C)C(CC[C@]4(C)[C@@H]3C(=O)C=C3[C@@H]5C[C@@](C)(C(=O)O)CC[C@]5(C)CC[C@]34C)[C@]2(C)C(=O)OCc2oc(=O)oc2C)c1. The number of rotatable bonds is 7. The number of carboxylic acids is 1. The van der Waals surface area contributed by atoms with Crippen molar-refractivity contribution in [3.8, 4) is 0 Å². The fourth-order valence-corrected chi connectivity index (χ4v) is 12.4. The van der Waals surface area contributed by atoms with Gasteiger partial charge in [0.25, 0.3) is 0 Å². The van der Waals surface area contributed by atoms with Gasteiger partial charge in [0.2, 0.25) is 0 Å². The lowest BCUT2D eigenvalue weighted by atomic mass is 9.33. The molecule has 0 aliphatic heterocycles. The van der Waals surface area contributed by atoms with Crippen molar-refractivity contribution in [1.82, 2.24) is 9.78 Å². The van der Waals surface area contributed by atoms with E-state index in [1.807, 2.05) is 19.9 Å². The molecule has 0 radical (unpaired) electrons. The molecule has 5 aliphatic rings. The van der Waals surface area contributed by atoms with Crippen molar-refractivity contribution in [2.45, 2.75) is 126 Å². The molecule has 2 aromatic rings. The van der Waals surface area contributed by atoms with Crippen LogP contribution in [0.5, 0.6) is 0 Å². The number of esters is 2. The van der Waals surface area contributed by atoms with Crippen molar-refractivity contribution in [2.75, 3.05) is 6.61 Å². The van der Waals surface area contributed by atoms with Gasteiger partial charge >= 0.3 is 23.7 Å². The summed E-state index contributed by atoms with van der Waals surface area (Å²) in [4.78, 5) is 66.6. The van der Waals surface area contributed by atoms with E-state index in [4.69, 9.17) is 18.3 Å². The smallest absolute Gasteiger partial charge is 0.481 e. The van der Waals surface area contributed by atoms with Crippen LogP contribution in [0, 0.1) is 57.2 Å². The van der Waals surface area contributed by atoms with Gasteiger partial charge in [-0.15, -0.1) is 0 Å². The Morgan fingerprint density at radius 1 is 0.962 bits per heavy atom. The summed E-state index contributed by atoms with van der Waals surface area (Å²) >= 11 is 0. The van der Waals surface area contributed by atoms with Crippen molar-refractivity contribution in [3.05, 3.63) is 51.7 Å². The Bertz CT molecular complexity index is 1960. The molecule has 5 aliphatic carbocycles. The molecule has 1 N–H and O–H groups in total. The maximum atomic E-state index is 15.0. The molecule has 4 saturated carbocycles. The number of aromatic nitrogens is 2. The number of fused-ring (bicyclic) bond motifs is 7. The maximum absolute atomic E-state index is 15.0. The summed E-state index contributed by atoms with van der Waals surface area (Å²) in [5.41, 5.74) is -2.08. The Morgan fingerprint density at radius 2 is 1.68 bits per heavy atom. The summed E-state index contributed by atoms with van der Waals surface area (Å²) in [6.45, 7) is 16.0. The summed E-state index contributed by atoms with van der Waals surface area (Å²) < 4.78 is 23.1. The minimum atomic E-state index is -1.20. The number of carboxylic acid groups (broad SMARTS) is 1. The van der Waals surface area contributed by atoms with Crippen LogP contribution in [0.15, 0.2) is 37.7 Å². The Labute approximate surface area is 310 Å². The zero-order chi connectivity index (χ0) is 38.5. The molecule has 10 atom stereocenters. The second-order valence-electron chi connectivity index (χ2n) is 18.3. The van der Waals surface area contributed by atoms with Gasteiger partial charge in [-0.1, -0.05) is 33.3 Å². The van der Waals surface area contributed by atoms with Crippen molar-refractivity contribution in [2.24, 2.45) is 50.2 Å². The van der Waals surface area contributed by atoms with Gasteiger partial charge in [-0.25, -0.2) is 9.59 Å². The molecule has 2 heterocycles. The number of carbonyl (C=O) groups excluding carboxylic acids is 3. The van der Waals surface area contributed by atoms with Crippen molar-refractivity contribution in [1.29, 1.82) is 0 Å². The predicted octanol–water partition coefficient (Wildman–Crippen LogP) is 7.24. The molecule has 12 heteroatoms. The number of carbonyl (C=O) groups is 4. The molecule has 0 amide bonds. The van der Waals surface area contributed by atoms with E-state index < -0.39 is 57.4 Å². The fourth-order valence-electron chi connectivity index (χ4n) is 12.4. The lowest BCUT2D eigenvalue weighted by Gasteiger charge is -2.70. The van der Waals surface area contributed by atoms with Crippen LogP contribution in [0.1, 0.15) is 134 Å². The number of hydrogen-bond acceptors (Lipinski definition) is 10. The molecule has 0 bridgehead atoms. The molecular weight excluding hydrogens is 680 g/mol. The third-order valence-corrected chi connectivity index (χ3v) is 15.8. The monoisotopic (exact) mass is 734 g/mol. The van der Waals surface area contributed by atoms with Crippen molar-refractivity contribution in [3.63, 3.8) is 0 Å². The number of aryl methyl sites for hydroxylation is 1. The molecule has 53 heavy (non-hydrogen) atoms. The first kappa shape index (κ1) is 37.4. The van der Waals surface area contributed by atoms with Gasteiger partial charge in [0, 0.05) is 12.1 Å². The van der Waals surface area contributed by atoms with E-state index in [9.17, 15) is 29.1 Å². The third-order valence-electron chi connectivity index (χ3n) is 15.8. The zero-order valence-corrected chi connectivity index (χ0v) is 32.3. The van der Waals surface area contributed by atoms with E-state index in [1.165, 1.54) is 6.20 Å². The molecule has 4 fully saturated rings. The second-order valence-corrected chi connectivity index (χ2v) is 18.3. The minimum absolute atomic E-state index is 0.000766. The molecule has 12 nitrogen and oxygen atoms in total. The summed E-state index contributed by atoms with van der Waals surface area (Å²) in [7, 11) is 0. The highest BCUT2D eigenvalue weighted by molar-refractivity contribution is 5.96. The van der Waals surface area contributed by atoms with E-state index in [1.54, 1.807) is 24.7 Å². The molecule has 7 rings (SSSR count). The first-order valence-corrected chi connectivity index (χ1v) is 19.2. The van der Waals surface area contributed by atoms with E-state index in [2.05, 4.69) is 32.8 Å². The van der Waals surface area contributed by atoms with Crippen LogP contribution in [-0.2, 0) is 30.5 Å². The number of nitrogens with zero attached hydrogens (tertiary/aromatic N) is 2. The molecular formula is C41H54N2O10. The zero-order valence-electron chi connectivity index (χ0n) is 32.3. The Balaban J connectivity index is 1.29. The first-order chi connectivity index (χ1) is 24.8. The Morgan fingerprint density at radius 3 is 2.34 bits per heavy atom. The van der Waals surface area contributed by atoms with Gasteiger partial charge in [0.15, 0.2) is 23.9 Å². The highest BCUT2D eigenvalue weighted by Crippen LogP contribution is 2.76. The van der Waals surface area contributed by atoms with Crippen LogP contribution in [0.3, 0.4) is 0 Å². The number of aliphatic carboxylic acids is 1. The number of allylic oxidation sites excluding steroid dienone is 2. The maximum Gasteiger partial charge on any atom is 0.519 e. The van der Waals surface area contributed by atoms with E-state index in [0.29, 0.717) is 38.5 Å². The highest BCUT2D eigenvalue weighted by Gasteiger charge is 2.72. The average molecular weight is 735 g/mol. The van der Waals surface area contributed by atoms with E-state index in [-0.39, 0.29) is 58.7 Å². The van der Waals surface area contributed by atoms with Crippen LogP contribution in [-0.4, -0.2) is 45.2 Å². The second kappa shape index (κ2) is 12.3. The van der Waals surface area contributed by atoms with Gasteiger partial charge in [0.1, 0.15) is 0 Å². The fraction of sp³-hybridized carbons (Fsp3) is 0.707. The molecule has 288 valence electrons.